The Morgan fingerprint density at radius 2 is 1.89 bits per heavy atom. The van der Waals surface area contributed by atoms with Gasteiger partial charge in [0.1, 0.15) is 0 Å². The van der Waals surface area contributed by atoms with Crippen molar-refractivity contribution in [2.45, 2.75) is 58.0 Å². The van der Waals surface area contributed by atoms with Crippen molar-refractivity contribution in [1.29, 1.82) is 0 Å². The molecule has 1 saturated carbocycles. The molecule has 3 nitrogen and oxygen atoms in total. The van der Waals surface area contributed by atoms with Gasteiger partial charge >= 0.3 is 0 Å². The van der Waals surface area contributed by atoms with Gasteiger partial charge in [0.2, 0.25) is 0 Å². The molecule has 2 atom stereocenters. The number of nitrogens with one attached hydrogen (secondary N) is 1. The van der Waals surface area contributed by atoms with E-state index in [1.807, 2.05) is 0 Å². The maximum absolute atomic E-state index is 3.60. The first kappa shape index (κ1) is 15.3. The minimum atomic E-state index is 0.709. The van der Waals surface area contributed by atoms with Crippen LogP contribution in [0.5, 0.6) is 0 Å². The first-order valence-electron chi connectivity index (χ1n) is 8.38. The van der Waals surface area contributed by atoms with E-state index in [0.717, 1.165) is 12.0 Å². The van der Waals surface area contributed by atoms with Gasteiger partial charge in [-0.2, -0.15) is 0 Å². The third kappa shape index (κ3) is 4.17. The Morgan fingerprint density at radius 1 is 1.16 bits per heavy atom. The molecule has 0 aromatic heterocycles. The van der Waals surface area contributed by atoms with E-state index in [0.29, 0.717) is 6.04 Å². The highest BCUT2D eigenvalue weighted by Crippen LogP contribution is 2.27. The van der Waals surface area contributed by atoms with Gasteiger partial charge in [-0.25, -0.2) is 0 Å². The SMILES string of the molecule is CCN1CCN(CC(NC)C2CCCCC2)CC1C. The molecule has 2 unspecified atom stereocenters. The largest absolute Gasteiger partial charge is 0.315 e. The fourth-order valence-electron chi connectivity index (χ4n) is 4.00. The Morgan fingerprint density at radius 3 is 2.47 bits per heavy atom. The van der Waals surface area contributed by atoms with Crippen molar-refractivity contribution in [2.24, 2.45) is 5.92 Å². The number of piperazine rings is 1. The molecular formula is C16H33N3. The molecule has 0 aromatic rings. The summed E-state index contributed by atoms with van der Waals surface area (Å²) in [5, 5.41) is 3.60. The third-order valence-electron chi connectivity index (χ3n) is 5.30. The van der Waals surface area contributed by atoms with E-state index in [2.05, 4.69) is 36.0 Å². The molecule has 112 valence electrons. The molecule has 2 rings (SSSR count). The number of likely N-dealkylation sites (N-methyl/N-ethyl adjacent to an activating group) is 2. The summed E-state index contributed by atoms with van der Waals surface area (Å²) >= 11 is 0. The molecule has 1 heterocycles. The van der Waals surface area contributed by atoms with Crippen LogP contribution in [0.1, 0.15) is 46.0 Å². The maximum Gasteiger partial charge on any atom is 0.0220 e. The summed E-state index contributed by atoms with van der Waals surface area (Å²) < 4.78 is 0. The number of nitrogens with zero attached hydrogens (tertiary/aromatic N) is 2. The first-order valence-corrected chi connectivity index (χ1v) is 8.38. The summed E-state index contributed by atoms with van der Waals surface area (Å²) in [6, 6.07) is 1.43. The summed E-state index contributed by atoms with van der Waals surface area (Å²) in [4.78, 5) is 5.29. The Bertz CT molecular complexity index is 250. The zero-order valence-electron chi connectivity index (χ0n) is 13.2. The van der Waals surface area contributed by atoms with Gasteiger partial charge in [0.05, 0.1) is 0 Å². The van der Waals surface area contributed by atoms with E-state index in [4.69, 9.17) is 0 Å². The second kappa shape index (κ2) is 7.61. The molecule has 1 saturated heterocycles. The van der Waals surface area contributed by atoms with Gasteiger partial charge in [0.15, 0.2) is 0 Å². The van der Waals surface area contributed by atoms with Gasteiger partial charge in [0, 0.05) is 38.3 Å². The predicted molar refractivity (Wildman–Crippen MR) is 82.6 cm³/mol. The van der Waals surface area contributed by atoms with Crippen LogP contribution in [0.15, 0.2) is 0 Å². The Labute approximate surface area is 119 Å². The average Bonchev–Trinajstić information content (AvgIpc) is 2.46. The zero-order chi connectivity index (χ0) is 13.7. The first-order chi connectivity index (χ1) is 9.24. The van der Waals surface area contributed by atoms with Crippen molar-refractivity contribution in [1.82, 2.24) is 15.1 Å². The predicted octanol–water partition coefficient (Wildman–Crippen LogP) is 2.18. The van der Waals surface area contributed by atoms with Gasteiger partial charge in [-0.3, -0.25) is 9.80 Å². The molecule has 0 spiro atoms. The number of hydrogen-bond donors (Lipinski definition) is 1. The minimum absolute atomic E-state index is 0.709. The van der Waals surface area contributed by atoms with Crippen LogP contribution in [-0.2, 0) is 0 Å². The van der Waals surface area contributed by atoms with Crippen molar-refractivity contribution >= 4 is 0 Å². The third-order valence-corrected chi connectivity index (χ3v) is 5.30. The molecule has 0 amide bonds. The monoisotopic (exact) mass is 267 g/mol. The standard InChI is InChI=1S/C16H33N3/c1-4-19-11-10-18(12-14(19)2)13-16(17-3)15-8-6-5-7-9-15/h14-17H,4-13H2,1-3H3. The van der Waals surface area contributed by atoms with E-state index in [1.165, 1.54) is 64.8 Å². The van der Waals surface area contributed by atoms with Gasteiger partial charge in [-0.05, 0) is 39.3 Å². The topological polar surface area (TPSA) is 18.5 Å². The van der Waals surface area contributed by atoms with Crippen molar-refractivity contribution in [2.75, 3.05) is 39.8 Å². The highest BCUT2D eigenvalue weighted by molar-refractivity contribution is 4.85. The molecule has 2 aliphatic rings. The Balaban J connectivity index is 1.81. The molecule has 0 bridgehead atoms. The fourth-order valence-corrected chi connectivity index (χ4v) is 4.00. The van der Waals surface area contributed by atoms with Crippen LogP contribution in [0.2, 0.25) is 0 Å². The van der Waals surface area contributed by atoms with Crippen molar-refractivity contribution < 1.29 is 0 Å². The summed E-state index contributed by atoms with van der Waals surface area (Å²) in [5.41, 5.74) is 0. The fraction of sp³-hybridized carbons (Fsp3) is 1.00. The van der Waals surface area contributed by atoms with Gasteiger partial charge in [-0.1, -0.05) is 26.2 Å². The van der Waals surface area contributed by atoms with Crippen molar-refractivity contribution in [3.05, 3.63) is 0 Å². The molecule has 2 fully saturated rings. The van der Waals surface area contributed by atoms with Crippen LogP contribution in [0.4, 0.5) is 0 Å². The molecule has 1 N–H and O–H groups in total. The lowest BCUT2D eigenvalue weighted by Gasteiger charge is -2.42. The zero-order valence-corrected chi connectivity index (χ0v) is 13.2. The number of hydrogen-bond acceptors (Lipinski definition) is 3. The van der Waals surface area contributed by atoms with E-state index >= 15 is 0 Å². The van der Waals surface area contributed by atoms with Gasteiger partial charge in [0.25, 0.3) is 0 Å². The molecule has 0 aromatic carbocycles. The summed E-state index contributed by atoms with van der Waals surface area (Å²) in [5.74, 6) is 0.915. The lowest BCUT2D eigenvalue weighted by Crippen LogP contribution is -2.55. The van der Waals surface area contributed by atoms with Crippen LogP contribution in [0, 0.1) is 5.92 Å². The van der Waals surface area contributed by atoms with E-state index in [-0.39, 0.29) is 0 Å². The second-order valence-corrected chi connectivity index (χ2v) is 6.53. The second-order valence-electron chi connectivity index (χ2n) is 6.53. The van der Waals surface area contributed by atoms with Crippen molar-refractivity contribution in [3.63, 3.8) is 0 Å². The van der Waals surface area contributed by atoms with Crippen LogP contribution >= 0.6 is 0 Å². The lowest BCUT2D eigenvalue weighted by atomic mass is 9.83. The molecular weight excluding hydrogens is 234 g/mol. The van der Waals surface area contributed by atoms with E-state index in [9.17, 15) is 0 Å². The smallest absolute Gasteiger partial charge is 0.0220 e. The molecule has 1 aliphatic heterocycles. The molecule has 3 heteroatoms. The highest BCUT2D eigenvalue weighted by Gasteiger charge is 2.27. The normalized spacial score (nSPS) is 29.5. The van der Waals surface area contributed by atoms with E-state index < -0.39 is 0 Å². The minimum Gasteiger partial charge on any atom is -0.315 e. The number of rotatable bonds is 5. The molecule has 0 radical (unpaired) electrons. The van der Waals surface area contributed by atoms with Crippen LogP contribution < -0.4 is 5.32 Å². The van der Waals surface area contributed by atoms with Crippen molar-refractivity contribution in [3.8, 4) is 0 Å². The highest BCUT2D eigenvalue weighted by atomic mass is 15.3. The average molecular weight is 267 g/mol. The van der Waals surface area contributed by atoms with Gasteiger partial charge in [-0.15, -0.1) is 0 Å². The Hall–Kier alpha value is -0.120. The summed E-state index contributed by atoms with van der Waals surface area (Å²) in [6.45, 7) is 10.9. The quantitative estimate of drug-likeness (QED) is 0.824. The summed E-state index contributed by atoms with van der Waals surface area (Å²) in [7, 11) is 2.16. The lowest BCUT2D eigenvalue weighted by molar-refractivity contribution is 0.0731. The van der Waals surface area contributed by atoms with Crippen LogP contribution in [0.25, 0.3) is 0 Å². The van der Waals surface area contributed by atoms with Crippen LogP contribution in [0.3, 0.4) is 0 Å². The van der Waals surface area contributed by atoms with Crippen LogP contribution in [-0.4, -0.2) is 61.7 Å². The van der Waals surface area contributed by atoms with Gasteiger partial charge < -0.3 is 5.32 Å². The molecule has 1 aliphatic carbocycles. The summed E-state index contributed by atoms with van der Waals surface area (Å²) in [6.07, 6.45) is 7.23. The Kier molecular flexibility index (Phi) is 6.11. The molecule has 19 heavy (non-hydrogen) atoms. The van der Waals surface area contributed by atoms with E-state index in [1.54, 1.807) is 0 Å². The maximum atomic E-state index is 3.60.